The Bertz CT molecular complexity index is 658. The Labute approximate surface area is 122 Å². The van der Waals surface area contributed by atoms with Crippen LogP contribution in [0.5, 0.6) is 5.75 Å². The Morgan fingerprint density at radius 3 is 2.71 bits per heavy atom. The number of carbonyl (C=O) groups is 1. The molecule has 0 fully saturated rings. The molecule has 1 amide bonds. The molecule has 0 aromatic heterocycles. The minimum atomic E-state index is -0.569. The zero-order valence-corrected chi connectivity index (χ0v) is 11.7. The van der Waals surface area contributed by atoms with Crippen LogP contribution in [0.4, 0.5) is 15.8 Å². The van der Waals surface area contributed by atoms with E-state index < -0.39 is 11.7 Å². The molecule has 0 aliphatic carbocycles. The maximum absolute atomic E-state index is 13.3. The lowest BCUT2D eigenvalue weighted by Gasteiger charge is -2.23. The second-order valence-electron chi connectivity index (χ2n) is 4.71. The van der Waals surface area contributed by atoms with Crippen LogP contribution in [0.25, 0.3) is 0 Å². The summed E-state index contributed by atoms with van der Waals surface area (Å²) in [6.07, 6.45) is 0.719. The molecule has 0 bridgehead atoms. The van der Waals surface area contributed by atoms with Gasteiger partial charge < -0.3 is 15.7 Å². The molecule has 0 spiro atoms. The highest BCUT2D eigenvalue weighted by atomic mass is 19.1. The number of carbonyl (C=O) groups excluding carboxylic acids is 1. The third-order valence-corrected chi connectivity index (χ3v) is 3.06. The summed E-state index contributed by atoms with van der Waals surface area (Å²) >= 11 is 0. The van der Waals surface area contributed by atoms with Crippen molar-refractivity contribution in [3.63, 3.8) is 0 Å². The van der Waals surface area contributed by atoms with E-state index in [-0.39, 0.29) is 11.3 Å². The summed E-state index contributed by atoms with van der Waals surface area (Å²) < 4.78 is 13.3. The molecule has 0 saturated carbocycles. The number of aromatic hydroxyl groups is 1. The smallest absolute Gasteiger partial charge is 0.262 e. The van der Waals surface area contributed by atoms with Crippen LogP contribution < -0.4 is 10.6 Å². The van der Waals surface area contributed by atoms with Gasteiger partial charge in [0.2, 0.25) is 0 Å². The quantitative estimate of drug-likeness (QED) is 0.849. The Morgan fingerprint density at radius 2 is 2.05 bits per heavy atom. The number of nitrogens with zero attached hydrogens (tertiary/aromatic N) is 1. The molecule has 0 aliphatic rings. The molecule has 2 aromatic rings. The molecule has 0 heterocycles. The highest BCUT2D eigenvalue weighted by Gasteiger charge is 2.20. The van der Waals surface area contributed by atoms with Gasteiger partial charge in [-0.1, -0.05) is 13.0 Å². The number of rotatable bonds is 4. The molecule has 5 heteroatoms. The molecule has 2 rings (SSSR count). The van der Waals surface area contributed by atoms with E-state index in [2.05, 4.69) is 0 Å². The minimum Gasteiger partial charge on any atom is -0.507 e. The van der Waals surface area contributed by atoms with Gasteiger partial charge in [-0.2, -0.15) is 0 Å². The summed E-state index contributed by atoms with van der Waals surface area (Å²) in [5.74, 6) is -1.27. The Morgan fingerprint density at radius 1 is 1.29 bits per heavy atom. The summed E-state index contributed by atoms with van der Waals surface area (Å²) in [4.78, 5) is 14.1. The molecular formula is C16H17FN2O2. The SMILES string of the molecule is CCCN(C(=O)c1cc(F)ccc1O)c1cccc(N)c1. The summed E-state index contributed by atoms with van der Waals surface area (Å²) in [7, 11) is 0. The first-order chi connectivity index (χ1) is 10.0. The third kappa shape index (κ3) is 3.31. The van der Waals surface area contributed by atoms with Gasteiger partial charge in [-0.25, -0.2) is 4.39 Å². The van der Waals surface area contributed by atoms with E-state index in [1.54, 1.807) is 24.3 Å². The van der Waals surface area contributed by atoms with Crippen molar-refractivity contribution in [3.8, 4) is 5.75 Å². The van der Waals surface area contributed by atoms with Gasteiger partial charge in [-0.3, -0.25) is 4.79 Å². The van der Waals surface area contributed by atoms with Crippen LogP contribution in [0.3, 0.4) is 0 Å². The van der Waals surface area contributed by atoms with Crippen LogP contribution in [0.15, 0.2) is 42.5 Å². The molecular weight excluding hydrogens is 271 g/mol. The first-order valence-corrected chi connectivity index (χ1v) is 6.69. The van der Waals surface area contributed by atoms with Crippen LogP contribution in [0.1, 0.15) is 23.7 Å². The van der Waals surface area contributed by atoms with E-state index in [1.807, 2.05) is 6.92 Å². The normalized spacial score (nSPS) is 10.4. The topological polar surface area (TPSA) is 66.6 Å². The van der Waals surface area contributed by atoms with E-state index in [4.69, 9.17) is 5.73 Å². The second kappa shape index (κ2) is 6.26. The van der Waals surface area contributed by atoms with Gasteiger partial charge in [0.25, 0.3) is 5.91 Å². The molecule has 2 aromatic carbocycles. The van der Waals surface area contributed by atoms with Crippen LogP contribution in [0.2, 0.25) is 0 Å². The van der Waals surface area contributed by atoms with Gasteiger partial charge in [0.05, 0.1) is 5.56 Å². The Balaban J connectivity index is 2.42. The molecule has 0 atom stereocenters. The number of benzene rings is 2. The van der Waals surface area contributed by atoms with Crippen molar-refractivity contribution in [1.82, 2.24) is 0 Å². The number of hydrogen-bond acceptors (Lipinski definition) is 3. The molecule has 0 saturated heterocycles. The number of phenolic OH excluding ortho intramolecular Hbond substituents is 1. The number of anilines is 2. The van der Waals surface area contributed by atoms with Crippen molar-refractivity contribution in [2.75, 3.05) is 17.2 Å². The van der Waals surface area contributed by atoms with Gasteiger partial charge in [-0.05, 0) is 42.8 Å². The number of phenols is 1. The Hall–Kier alpha value is -2.56. The van der Waals surface area contributed by atoms with E-state index in [1.165, 1.54) is 11.0 Å². The maximum atomic E-state index is 13.3. The maximum Gasteiger partial charge on any atom is 0.262 e. The second-order valence-corrected chi connectivity index (χ2v) is 4.71. The summed E-state index contributed by atoms with van der Waals surface area (Å²) in [5, 5.41) is 9.79. The average Bonchev–Trinajstić information content (AvgIpc) is 2.46. The third-order valence-electron chi connectivity index (χ3n) is 3.06. The molecule has 110 valence electrons. The molecule has 0 aliphatic heterocycles. The van der Waals surface area contributed by atoms with Gasteiger partial charge in [0.15, 0.2) is 0 Å². The number of halogens is 1. The zero-order chi connectivity index (χ0) is 15.4. The number of nitrogens with two attached hydrogens (primary N) is 1. The van der Waals surface area contributed by atoms with Crippen molar-refractivity contribution in [2.45, 2.75) is 13.3 Å². The van der Waals surface area contributed by atoms with Crippen molar-refractivity contribution in [2.24, 2.45) is 0 Å². The van der Waals surface area contributed by atoms with Gasteiger partial charge in [-0.15, -0.1) is 0 Å². The monoisotopic (exact) mass is 288 g/mol. The highest BCUT2D eigenvalue weighted by molar-refractivity contribution is 6.08. The van der Waals surface area contributed by atoms with E-state index in [9.17, 15) is 14.3 Å². The molecule has 3 N–H and O–H groups in total. The number of hydrogen-bond donors (Lipinski definition) is 2. The summed E-state index contributed by atoms with van der Waals surface area (Å²) in [5.41, 5.74) is 6.82. The van der Waals surface area contributed by atoms with Crippen LogP contribution in [-0.4, -0.2) is 17.6 Å². The van der Waals surface area contributed by atoms with Crippen molar-refractivity contribution in [1.29, 1.82) is 0 Å². The first-order valence-electron chi connectivity index (χ1n) is 6.69. The van der Waals surface area contributed by atoms with Gasteiger partial charge in [0, 0.05) is 17.9 Å². The number of amides is 1. The van der Waals surface area contributed by atoms with Gasteiger partial charge in [0.1, 0.15) is 11.6 Å². The zero-order valence-electron chi connectivity index (χ0n) is 11.7. The minimum absolute atomic E-state index is 0.0640. The fourth-order valence-corrected chi connectivity index (χ4v) is 2.09. The largest absolute Gasteiger partial charge is 0.507 e. The summed E-state index contributed by atoms with van der Waals surface area (Å²) in [6.45, 7) is 2.37. The van der Waals surface area contributed by atoms with Crippen LogP contribution in [0, 0.1) is 5.82 Å². The molecule has 4 nitrogen and oxygen atoms in total. The number of nitrogen functional groups attached to an aromatic ring is 1. The highest BCUT2D eigenvalue weighted by Crippen LogP contribution is 2.24. The molecule has 21 heavy (non-hydrogen) atoms. The lowest BCUT2D eigenvalue weighted by atomic mass is 10.1. The van der Waals surface area contributed by atoms with E-state index in [0.29, 0.717) is 17.9 Å². The average molecular weight is 288 g/mol. The van der Waals surface area contributed by atoms with Crippen LogP contribution >= 0.6 is 0 Å². The lowest BCUT2D eigenvalue weighted by molar-refractivity contribution is 0.0984. The fourth-order valence-electron chi connectivity index (χ4n) is 2.09. The molecule has 0 unspecified atom stereocenters. The predicted molar refractivity (Wildman–Crippen MR) is 80.9 cm³/mol. The van der Waals surface area contributed by atoms with E-state index >= 15 is 0 Å². The van der Waals surface area contributed by atoms with Gasteiger partial charge >= 0.3 is 0 Å². The van der Waals surface area contributed by atoms with Crippen molar-refractivity contribution >= 4 is 17.3 Å². The fraction of sp³-hybridized carbons (Fsp3) is 0.188. The van der Waals surface area contributed by atoms with E-state index in [0.717, 1.165) is 18.6 Å². The summed E-state index contributed by atoms with van der Waals surface area (Å²) in [6, 6.07) is 10.2. The first kappa shape index (κ1) is 14.8. The van der Waals surface area contributed by atoms with Crippen LogP contribution in [-0.2, 0) is 0 Å². The van der Waals surface area contributed by atoms with Crippen molar-refractivity contribution < 1.29 is 14.3 Å². The molecule has 0 radical (unpaired) electrons. The Kier molecular flexibility index (Phi) is 4.42. The standard InChI is InChI=1S/C16H17FN2O2/c1-2-8-19(13-5-3-4-12(18)10-13)16(21)14-9-11(17)6-7-15(14)20/h3-7,9-10,20H,2,8,18H2,1H3. The predicted octanol–water partition coefficient (Wildman–Crippen LogP) is 3.17. The van der Waals surface area contributed by atoms with Crippen molar-refractivity contribution in [3.05, 3.63) is 53.8 Å². The lowest BCUT2D eigenvalue weighted by Crippen LogP contribution is -2.31.